The fourth-order valence-corrected chi connectivity index (χ4v) is 1.08. The molecule has 0 aromatic heterocycles. The maximum atomic E-state index is 10.7. The Morgan fingerprint density at radius 1 is 1.70 bits per heavy atom. The molecule has 0 saturated heterocycles. The molecule has 1 aliphatic rings. The van der Waals surface area contributed by atoms with Gasteiger partial charge < -0.3 is 5.11 Å². The number of ketones is 1. The van der Waals surface area contributed by atoms with Crippen molar-refractivity contribution in [2.45, 2.75) is 12.8 Å². The Morgan fingerprint density at radius 3 is 2.50 bits per heavy atom. The van der Waals surface area contributed by atoms with Gasteiger partial charge in [-0.1, -0.05) is 6.58 Å². The van der Waals surface area contributed by atoms with Crippen LogP contribution in [0.15, 0.2) is 12.2 Å². The number of carbonyl (C=O) groups is 2. The largest absolute Gasteiger partial charge is 0.481 e. The first kappa shape index (κ1) is 6.99. The summed E-state index contributed by atoms with van der Waals surface area (Å²) in [5.41, 5.74) is 0.257. The van der Waals surface area contributed by atoms with E-state index < -0.39 is 11.9 Å². The van der Waals surface area contributed by atoms with Crippen LogP contribution in [0.5, 0.6) is 0 Å². The first-order chi connectivity index (χ1) is 4.63. The van der Waals surface area contributed by atoms with Crippen LogP contribution in [0.4, 0.5) is 0 Å². The van der Waals surface area contributed by atoms with Crippen LogP contribution in [0, 0.1) is 5.92 Å². The van der Waals surface area contributed by atoms with E-state index in [0.717, 1.165) is 0 Å². The van der Waals surface area contributed by atoms with Crippen LogP contribution >= 0.6 is 0 Å². The van der Waals surface area contributed by atoms with Crippen molar-refractivity contribution < 1.29 is 14.7 Å². The molecule has 0 bridgehead atoms. The molecule has 1 fully saturated rings. The van der Waals surface area contributed by atoms with Crippen molar-refractivity contribution in [3.8, 4) is 0 Å². The molecule has 1 saturated carbocycles. The number of carboxylic acid groups (broad SMARTS) is 1. The minimum Gasteiger partial charge on any atom is -0.481 e. The van der Waals surface area contributed by atoms with Gasteiger partial charge in [-0.2, -0.15) is 0 Å². The number of Topliss-reactive ketones (excluding diaryl/α,β-unsaturated/α-hetero) is 1. The lowest BCUT2D eigenvalue weighted by Crippen LogP contribution is -2.11. The van der Waals surface area contributed by atoms with Gasteiger partial charge in [0.05, 0.1) is 5.92 Å². The number of carbonyl (C=O) groups excluding carboxylic acids is 1. The lowest BCUT2D eigenvalue weighted by molar-refractivity contribution is -0.140. The fourth-order valence-electron chi connectivity index (χ4n) is 1.08. The van der Waals surface area contributed by atoms with Gasteiger partial charge in [0.1, 0.15) is 0 Å². The summed E-state index contributed by atoms with van der Waals surface area (Å²) in [6.45, 7) is 3.41. The molecule has 3 heteroatoms. The van der Waals surface area contributed by atoms with Crippen molar-refractivity contribution in [2.24, 2.45) is 5.92 Å². The monoisotopic (exact) mass is 140 g/mol. The van der Waals surface area contributed by atoms with Gasteiger partial charge in [0.2, 0.25) is 0 Å². The molecule has 0 aromatic rings. The van der Waals surface area contributed by atoms with Gasteiger partial charge in [-0.3, -0.25) is 9.59 Å². The summed E-state index contributed by atoms with van der Waals surface area (Å²) in [6, 6.07) is 0. The van der Waals surface area contributed by atoms with E-state index in [4.69, 9.17) is 5.11 Å². The summed E-state index contributed by atoms with van der Waals surface area (Å²) in [4.78, 5) is 21.1. The zero-order chi connectivity index (χ0) is 7.72. The lowest BCUT2D eigenvalue weighted by atomic mass is 10.1. The van der Waals surface area contributed by atoms with Crippen molar-refractivity contribution in [1.82, 2.24) is 0 Å². The van der Waals surface area contributed by atoms with Crippen LogP contribution in [0.25, 0.3) is 0 Å². The number of rotatable bonds is 1. The first-order valence-corrected chi connectivity index (χ1v) is 3.07. The highest BCUT2D eigenvalue weighted by atomic mass is 16.4. The number of hydrogen-bond acceptors (Lipinski definition) is 2. The van der Waals surface area contributed by atoms with E-state index in [1.54, 1.807) is 0 Å². The van der Waals surface area contributed by atoms with E-state index in [1.165, 1.54) is 0 Å². The Bertz CT molecular complexity index is 205. The molecule has 1 atom stereocenters. The highest BCUT2D eigenvalue weighted by Gasteiger charge is 2.31. The van der Waals surface area contributed by atoms with Gasteiger partial charge in [-0.25, -0.2) is 0 Å². The van der Waals surface area contributed by atoms with E-state index >= 15 is 0 Å². The Morgan fingerprint density at radius 2 is 2.30 bits per heavy atom. The molecule has 0 amide bonds. The summed E-state index contributed by atoms with van der Waals surface area (Å²) in [5, 5.41) is 8.49. The van der Waals surface area contributed by atoms with E-state index in [2.05, 4.69) is 6.58 Å². The van der Waals surface area contributed by atoms with E-state index in [-0.39, 0.29) is 11.4 Å². The maximum Gasteiger partial charge on any atom is 0.311 e. The number of aliphatic carboxylic acids is 1. The highest BCUT2D eigenvalue weighted by Crippen LogP contribution is 2.26. The minimum atomic E-state index is -0.934. The minimum absolute atomic E-state index is 0.104. The molecule has 1 aliphatic carbocycles. The Kier molecular flexibility index (Phi) is 1.57. The van der Waals surface area contributed by atoms with Crippen molar-refractivity contribution in [3.63, 3.8) is 0 Å². The SMILES string of the molecule is C=C1C(=O)CC[C@H]1C(=O)O. The molecule has 0 heterocycles. The zero-order valence-corrected chi connectivity index (χ0v) is 5.46. The smallest absolute Gasteiger partial charge is 0.311 e. The van der Waals surface area contributed by atoms with Gasteiger partial charge in [0, 0.05) is 12.0 Å². The predicted octanol–water partition coefficient (Wildman–Crippen LogP) is 0.606. The van der Waals surface area contributed by atoms with Crippen LogP contribution in [0.3, 0.4) is 0 Å². The molecule has 54 valence electrons. The number of carboxylic acids is 1. The molecule has 3 nitrogen and oxygen atoms in total. The highest BCUT2D eigenvalue weighted by molar-refractivity contribution is 6.02. The topological polar surface area (TPSA) is 54.4 Å². The van der Waals surface area contributed by atoms with Crippen molar-refractivity contribution in [1.29, 1.82) is 0 Å². The van der Waals surface area contributed by atoms with Gasteiger partial charge >= 0.3 is 5.97 Å². The van der Waals surface area contributed by atoms with Gasteiger partial charge in [0.25, 0.3) is 0 Å². The van der Waals surface area contributed by atoms with Crippen molar-refractivity contribution >= 4 is 11.8 Å². The number of hydrogen-bond donors (Lipinski definition) is 1. The second kappa shape index (κ2) is 2.25. The van der Waals surface area contributed by atoms with Crippen molar-refractivity contribution in [2.75, 3.05) is 0 Å². The summed E-state index contributed by atoms with van der Waals surface area (Å²) in [6.07, 6.45) is 0.767. The summed E-state index contributed by atoms with van der Waals surface area (Å²) in [7, 11) is 0. The second-order valence-electron chi connectivity index (χ2n) is 2.38. The van der Waals surface area contributed by atoms with Gasteiger partial charge in [-0.15, -0.1) is 0 Å². The molecule has 1 rings (SSSR count). The zero-order valence-electron chi connectivity index (χ0n) is 5.46. The molecule has 0 aromatic carbocycles. The van der Waals surface area contributed by atoms with Crippen LogP contribution in [0.2, 0.25) is 0 Å². The first-order valence-electron chi connectivity index (χ1n) is 3.07. The van der Waals surface area contributed by atoms with Crippen molar-refractivity contribution in [3.05, 3.63) is 12.2 Å². The third-order valence-corrected chi connectivity index (χ3v) is 1.74. The van der Waals surface area contributed by atoms with E-state index in [9.17, 15) is 9.59 Å². The van der Waals surface area contributed by atoms with Crippen LogP contribution in [-0.4, -0.2) is 16.9 Å². The molecule has 10 heavy (non-hydrogen) atoms. The van der Waals surface area contributed by atoms with Crippen LogP contribution in [-0.2, 0) is 9.59 Å². The average molecular weight is 140 g/mol. The molecule has 0 spiro atoms. The normalized spacial score (nSPS) is 25.4. The van der Waals surface area contributed by atoms with E-state index in [0.29, 0.717) is 12.8 Å². The molecular formula is C7H8O3. The van der Waals surface area contributed by atoms with Crippen LogP contribution < -0.4 is 0 Å². The lowest BCUT2D eigenvalue weighted by Gasteiger charge is -2.00. The Hall–Kier alpha value is -1.12. The quantitative estimate of drug-likeness (QED) is 0.543. The standard InChI is InChI=1S/C7H8O3/c1-4-5(7(9)10)2-3-6(4)8/h5H,1-3H2,(H,9,10)/t5-/m1/s1. The second-order valence-corrected chi connectivity index (χ2v) is 2.38. The fraction of sp³-hybridized carbons (Fsp3) is 0.429. The maximum absolute atomic E-state index is 10.7. The Labute approximate surface area is 58.4 Å². The average Bonchev–Trinajstić information content (AvgIpc) is 2.14. The van der Waals surface area contributed by atoms with Gasteiger partial charge in [-0.05, 0) is 6.42 Å². The molecule has 0 radical (unpaired) electrons. The molecular weight excluding hydrogens is 132 g/mol. The summed E-state index contributed by atoms with van der Waals surface area (Å²) < 4.78 is 0. The molecule has 0 unspecified atom stereocenters. The van der Waals surface area contributed by atoms with Crippen LogP contribution in [0.1, 0.15) is 12.8 Å². The summed E-state index contributed by atoms with van der Waals surface area (Å²) >= 11 is 0. The third-order valence-electron chi connectivity index (χ3n) is 1.74. The third kappa shape index (κ3) is 0.943. The predicted molar refractivity (Wildman–Crippen MR) is 34.5 cm³/mol. The summed E-state index contributed by atoms with van der Waals surface area (Å²) in [5.74, 6) is -1.66. The molecule has 0 aliphatic heterocycles. The Balaban J connectivity index is 2.76. The van der Waals surface area contributed by atoms with E-state index in [1.807, 2.05) is 0 Å². The molecule has 1 N–H and O–H groups in total. The van der Waals surface area contributed by atoms with Gasteiger partial charge in [0.15, 0.2) is 5.78 Å².